The lowest BCUT2D eigenvalue weighted by atomic mass is 10.1. The second-order valence-electron chi connectivity index (χ2n) is 8.07. The normalized spacial score (nSPS) is 21.5. The van der Waals surface area contributed by atoms with E-state index < -0.39 is 55.2 Å². The van der Waals surface area contributed by atoms with Gasteiger partial charge in [0.1, 0.15) is 6.10 Å². The van der Waals surface area contributed by atoms with Crippen LogP contribution in [0, 0.1) is 0 Å². The Balaban J connectivity index is 1.66. The number of nitrogens with zero attached hydrogens (tertiary/aromatic N) is 1. The van der Waals surface area contributed by atoms with Gasteiger partial charge in [0.05, 0.1) is 23.4 Å². The van der Waals surface area contributed by atoms with E-state index in [1.165, 1.54) is 48.5 Å². The monoisotopic (exact) mass is 529 g/mol. The smallest absolute Gasteiger partial charge is 0.452 e. The van der Waals surface area contributed by atoms with Crippen LogP contribution in [0.25, 0.3) is 0 Å². The molecule has 1 fully saturated rings. The lowest BCUT2D eigenvalue weighted by Gasteiger charge is -2.25. The number of carbonyl (C=O) groups is 2. The fraction of sp³-hybridized carbons (Fsp3) is 0.222. The van der Waals surface area contributed by atoms with Crippen LogP contribution in [0.3, 0.4) is 0 Å². The third kappa shape index (κ3) is 6.55. The van der Waals surface area contributed by atoms with E-state index in [0.29, 0.717) is 0 Å². The molecule has 1 aliphatic heterocycles. The molecule has 4 rings (SSSR count). The minimum Gasteiger partial charge on any atom is -0.452 e. The van der Waals surface area contributed by atoms with Gasteiger partial charge in [0.2, 0.25) is 12.4 Å². The quantitative estimate of drug-likeness (QED) is 0.274. The molecule has 0 spiro atoms. The lowest BCUT2D eigenvalue weighted by molar-refractivity contribution is -0.152. The van der Waals surface area contributed by atoms with Gasteiger partial charge < -0.3 is 24.1 Å². The number of hydrogen-bond donors (Lipinski definition) is 1. The van der Waals surface area contributed by atoms with Gasteiger partial charge in [-0.2, -0.15) is 13.2 Å². The van der Waals surface area contributed by atoms with E-state index >= 15 is 0 Å². The maximum atomic E-state index is 13.9. The number of benzene rings is 3. The van der Waals surface area contributed by atoms with Crippen LogP contribution in [0.1, 0.15) is 20.7 Å². The van der Waals surface area contributed by atoms with Gasteiger partial charge in [-0.15, -0.1) is 0 Å². The summed E-state index contributed by atoms with van der Waals surface area (Å²) in [6.07, 6.45) is -11.5. The van der Waals surface area contributed by atoms with Crippen LogP contribution in [0.4, 0.5) is 18.9 Å². The number of para-hydroxylation sites is 1. The summed E-state index contributed by atoms with van der Waals surface area (Å²) in [4.78, 5) is 29.1. The first-order valence-corrected chi connectivity index (χ1v) is 11.4. The van der Waals surface area contributed by atoms with Crippen LogP contribution in [0.2, 0.25) is 0 Å². The van der Waals surface area contributed by atoms with Gasteiger partial charge in [0, 0.05) is 0 Å². The first kappa shape index (κ1) is 26.8. The molecule has 1 heterocycles. The Morgan fingerprint density at radius 1 is 0.763 bits per heavy atom. The van der Waals surface area contributed by atoms with Gasteiger partial charge in [-0.25, -0.2) is 14.6 Å². The molecule has 11 heteroatoms. The predicted molar refractivity (Wildman–Crippen MR) is 128 cm³/mol. The average molecular weight is 529 g/mol. The molecular weight excluding hydrogens is 507 g/mol. The van der Waals surface area contributed by atoms with Crippen LogP contribution in [-0.4, -0.2) is 60.3 Å². The zero-order chi connectivity index (χ0) is 27.1. The first-order chi connectivity index (χ1) is 18.3. The maximum absolute atomic E-state index is 13.9. The third-order valence-electron chi connectivity index (χ3n) is 5.41. The minimum absolute atomic E-state index is 0.0542. The van der Waals surface area contributed by atoms with Crippen LogP contribution in [0.15, 0.2) is 96.0 Å². The molecule has 0 amide bonds. The highest BCUT2D eigenvalue weighted by Crippen LogP contribution is 2.32. The SMILES string of the molecule is O=C(OC1[C@H](CO)O[C@@H](O/C(=N/c2ccccc2)C(F)(F)F)[C@H]1OC(=O)c1ccccc1)c1ccccc1. The van der Waals surface area contributed by atoms with Crippen molar-refractivity contribution in [3.8, 4) is 0 Å². The number of esters is 2. The van der Waals surface area contributed by atoms with E-state index in [1.54, 1.807) is 42.5 Å². The molecule has 38 heavy (non-hydrogen) atoms. The molecule has 0 saturated carbocycles. The highest BCUT2D eigenvalue weighted by Gasteiger charge is 2.53. The molecule has 0 radical (unpaired) electrons. The Labute approximate surface area is 215 Å². The summed E-state index contributed by atoms with van der Waals surface area (Å²) in [6.45, 7) is -0.775. The van der Waals surface area contributed by atoms with E-state index in [1.807, 2.05) is 0 Å². The van der Waals surface area contributed by atoms with E-state index in [9.17, 15) is 27.9 Å². The Morgan fingerprint density at radius 3 is 1.71 bits per heavy atom. The molecule has 8 nitrogen and oxygen atoms in total. The zero-order valence-corrected chi connectivity index (χ0v) is 19.7. The Bertz CT molecular complexity index is 1250. The Morgan fingerprint density at radius 2 is 1.24 bits per heavy atom. The van der Waals surface area contributed by atoms with Gasteiger partial charge >= 0.3 is 18.1 Å². The minimum atomic E-state index is -5.05. The number of hydrogen-bond acceptors (Lipinski definition) is 8. The average Bonchev–Trinajstić information content (AvgIpc) is 3.24. The summed E-state index contributed by atoms with van der Waals surface area (Å²) >= 11 is 0. The number of carbonyl (C=O) groups excluding carboxylic acids is 2. The van der Waals surface area contributed by atoms with E-state index in [4.69, 9.17) is 18.9 Å². The van der Waals surface area contributed by atoms with Crippen molar-refractivity contribution in [2.45, 2.75) is 30.8 Å². The van der Waals surface area contributed by atoms with Crippen molar-refractivity contribution in [1.82, 2.24) is 0 Å². The molecule has 198 valence electrons. The topological polar surface area (TPSA) is 104 Å². The summed E-state index contributed by atoms with van der Waals surface area (Å²) in [5.74, 6) is -3.48. The Hall–Kier alpha value is -4.22. The zero-order valence-electron chi connectivity index (χ0n) is 19.7. The number of ether oxygens (including phenoxy) is 4. The summed E-state index contributed by atoms with van der Waals surface area (Å²) in [5.41, 5.74) is 0.158. The van der Waals surface area contributed by atoms with Crippen molar-refractivity contribution in [3.05, 3.63) is 102 Å². The number of aliphatic imine (C=N–C) groups is 1. The van der Waals surface area contributed by atoms with Crippen LogP contribution < -0.4 is 0 Å². The highest BCUT2D eigenvalue weighted by molar-refractivity contribution is 5.90. The van der Waals surface area contributed by atoms with Gasteiger partial charge in [-0.3, -0.25) is 0 Å². The standard InChI is InChI=1S/C27H22F3NO7/c28-27(29,30)26(31-19-14-8-3-9-15-19)38-25-22(37-24(34)18-12-6-2-7-13-18)21(20(16-32)35-25)36-23(33)17-10-4-1-5-11-17/h1-15,20-22,25,32H,16H2/b31-26+/t20-,21?,22-,25-/m0/s1. The largest absolute Gasteiger partial charge is 0.468 e. The van der Waals surface area contributed by atoms with Crippen molar-refractivity contribution in [1.29, 1.82) is 0 Å². The van der Waals surface area contributed by atoms with Gasteiger partial charge in [0.15, 0.2) is 6.10 Å². The Kier molecular flexibility index (Phi) is 8.39. The second kappa shape index (κ2) is 11.9. The fourth-order valence-electron chi connectivity index (χ4n) is 3.62. The summed E-state index contributed by atoms with van der Waals surface area (Å²) in [5, 5.41) is 9.87. The molecule has 4 atom stereocenters. The number of rotatable bonds is 7. The van der Waals surface area contributed by atoms with Crippen molar-refractivity contribution >= 4 is 23.5 Å². The van der Waals surface area contributed by atoms with Crippen LogP contribution in [0.5, 0.6) is 0 Å². The summed E-state index contributed by atoms with van der Waals surface area (Å²) in [6, 6.07) is 22.6. The second-order valence-corrected chi connectivity index (χ2v) is 8.07. The maximum Gasteiger partial charge on any atom is 0.468 e. The molecule has 1 N–H and O–H groups in total. The highest BCUT2D eigenvalue weighted by atomic mass is 19.4. The molecule has 0 aliphatic carbocycles. The van der Waals surface area contributed by atoms with Crippen molar-refractivity contribution in [2.24, 2.45) is 4.99 Å². The van der Waals surface area contributed by atoms with Crippen molar-refractivity contribution in [2.75, 3.05) is 6.61 Å². The fourth-order valence-corrected chi connectivity index (χ4v) is 3.62. The molecule has 1 saturated heterocycles. The molecule has 3 aromatic rings. The van der Waals surface area contributed by atoms with Crippen molar-refractivity contribution < 1.29 is 46.8 Å². The summed E-state index contributed by atoms with van der Waals surface area (Å²) in [7, 11) is 0. The number of alkyl halides is 3. The van der Waals surface area contributed by atoms with Gasteiger partial charge in [-0.1, -0.05) is 54.6 Å². The van der Waals surface area contributed by atoms with Crippen molar-refractivity contribution in [3.63, 3.8) is 0 Å². The molecular formula is C27H22F3NO7. The molecule has 0 aromatic heterocycles. The van der Waals surface area contributed by atoms with Crippen LogP contribution in [-0.2, 0) is 18.9 Å². The molecule has 3 aromatic carbocycles. The number of aliphatic hydroxyl groups excluding tert-OH is 1. The lowest BCUT2D eigenvalue weighted by Crippen LogP contribution is -2.43. The van der Waals surface area contributed by atoms with E-state index in [-0.39, 0.29) is 16.8 Å². The molecule has 1 aliphatic rings. The first-order valence-electron chi connectivity index (χ1n) is 11.4. The van der Waals surface area contributed by atoms with E-state index in [2.05, 4.69) is 4.99 Å². The van der Waals surface area contributed by atoms with E-state index in [0.717, 1.165) is 0 Å². The van der Waals surface area contributed by atoms with Gasteiger partial charge in [-0.05, 0) is 36.4 Å². The van der Waals surface area contributed by atoms with Gasteiger partial charge in [0.25, 0.3) is 5.90 Å². The molecule has 1 unspecified atom stereocenters. The predicted octanol–water partition coefficient (Wildman–Crippen LogP) is 4.46. The summed E-state index contributed by atoms with van der Waals surface area (Å²) < 4.78 is 63.1. The number of aliphatic hydroxyl groups is 1. The third-order valence-corrected chi connectivity index (χ3v) is 5.41. The number of halogens is 3. The van der Waals surface area contributed by atoms with Crippen LogP contribution >= 0.6 is 0 Å². The molecule has 0 bridgehead atoms.